The Bertz CT molecular complexity index is 1010. The SMILES string of the molecule is CCOC(CC(=O)O)c1ccc(OCCCN2c3cccnc3Cc3ncccc32)cc1. The lowest BCUT2D eigenvalue weighted by Gasteiger charge is -2.31. The minimum atomic E-state index is -0.880. The molecule has 32 heavy (non-hydrogen) atoms. The van der Waals surface area contributed by atoms with Crippen LogP contribution in [0.4, 0.5) is 11.4 Å². The summed E-state index contributed by atoms with van der Waals surface area (Å²) < 4.78 is 11.5. The summed E-state index contributed by atoms with van der Waals surface area (Å²) in [6.45, 7) is 3.67. The molecule has 166 valence electrons. The van der Waals surface area contributed by atoms with Crippen molar-refractivity contribution < 1.29 is 19.4 Å². The molecular formula is C25H27N3O4. The number of pyridine rings is 2. The lowest BCUT2D eigenvalue weighted by Crippen LogP contribution is -2.26. The topological polar surface area (TPSA) is 84.8 Å². The molecule has 1 unspecified atom stereocenters. The van der Waals surface area contributed by atoms with Crippen molar-refractivity contribution in [2.24, 2.45) is 0 Å². The van der Waals surface area contributed by atoms with Crippen LogP contribution in [0.5, 0.6) is 5.75 Å². The van der Waals surface area contributed by atoms with E-state index in [4.69, 9.17) is 14.6 Å². The summed E-state index contributed by atoms with van der Waals surface area (Å²) in [5, 5.41) is 9.08. The van der Waals surface area contributed by atoms with Gasteiger partial charge in [0.2, 0.25) is 0 Å². The first-order valence-electron chi connectivity index (χ1n) is 10.9. The van der Waals surface area contributed by atoms with E-state index in [2.05, 4.69) is 27.0 Å². The second-order valence-corrected chi connectivity index (χ2v) is 7.58. The maximum Gasteiger partial charge on any atom is 0.306 e. The summed E-state index contributed by atoms with van der Waals surface area (Å²) in [5.41, 5.74) is 5.17. The summed E-state index contributed by atoms with van der Waals surface area (Å²) >= 11 is 0. The van der Waals surface area contributed by atoms with E-state index in [1.165, 1.54) is 0 Å². The van der Waals surface area contributed by atoms with Crippen molar-refractivity contribution in [2.45, 2.75) is 32.3 Å². The van der Waals surface area contributed by atoms with E-state index in [1.54, 1.807) is 0 Å². The first-order valence-corrected chi connectivity index (χ1v) is 10.9. The molecular weight excluding hydrogens is 406 g/mol. The van der Waals surface area contributed by atoms with Crippen molar-refractivity contribution >= 4 is 17.3 Å². The van der Waals surface area contributed by atoms with E-state index in [9.17, 15) is 4.79 Å². The van der Waals surface area contributed by atoms with E-state index >= 15 is 0 Å². The maximum absolute atomic E-state index is 11.1. The monoisotopic (exact) mass is 433 g/mol. The van der Waals surface area contributed by atoms with Crippen molar-refractivity contribution in [1.29, 1.82) is 0 Å². The predicted molar refractivity (Wildman–Crippen MR) is 121 cm³/mol. The zero-order chi connectivity index (χ0) is 22.3. The second kappa shape index (κ2) is 10.2. The van der Waals surface area contributed by atoms with Crippen molar-refractivity contribution in [1.82, 2.24) is 9.97 Å². The number of carboxylic acid groups (broad SMARTS) is 1. The number of anilines is 2. The number of rotatable bonds is 10. The third kappa shape index (κ3) is 5.06. The highest BCUT2D eigenvalue weighted by atomic mass is 16.5. The Labute approximate surface area is 187 Å². The van der Waals surface area contributed by atoms with E-state index < -0.39 is 12.1 Å². The molecule has 0 saturated carbocycles. The van der Waals surface area contributed by atoms with Crippen LogP contribution >= 0.6 is 0 Å². The lowest BCUT2D eigenvalue weighted by atomic mass is 10.0. The lowest BCUT2D eigenvalue weighted by molar-refractivity contribution is -0.140. The third-order valence-electron chi connectivity index (χ3n) is 5.42. The largest absolute Gasteiger partial charge is 0.494 e. The molecule has 1 N–H and O–H groups in total. The van der Waals surface area contributed by atoms with Crippen LogP contribution in [-0.4, -0.2) is 40.8 Å². The zero-order valence-corrected chi connectivity index (χ0v) is 18.1. The number of nitrogens with zero attached hydrogens (tertiary/aromatic N) is 3. The first kappa shape index (κ1) is 21.8. The molecule has 1 atom stereocenters. The van der Waals surface area contributed by atoms with Crippen LogP contribution in [0.3, 0.4) is 0 Å². The van der Waals surface area contributed by atoms with Crippen molar-refractivity contribution in [3.8, 4) is 5.75 Å². The fraction of sp³-hybridized carbons (Fsp3) is 0.320. The van der Waals surface area contributed by atoms with E-state index in [0.717, 1.165) is 53.5 Å². The van der Waals surface area contributed by atoms with Gasteiger partial charge in [-0.3, -0.25) is 14.8 Å². The van der Waals surface area contributed by atoms with Crippen LogP contribution in [0.2, 0.25) is 0 Å². The normalized spacial score (nSPS) is 13.2. The summed E-state index contributed by atoms with van der Waals surface area (Å²) in [6.07, 6.45) is 4.71. The standard InChI is InChI=1S/C25H27N3O4/c1-2-31-24(17-25(29)30)18-8-10-19(11-9-18)32-15-5-14-28-22-6-3-12-26-20(22)16-21-23(28)7-4-13-27-21/h3-4,6-13,24H,2,5,14-17H2,1H3,(H,29,30). The average Bonchev–Trinajstić information content (AvgIpc) is 2.81. The fourth-order valence-corrected chi connectivity index (χ4v) is 3.98. The molecule has 3 heterocycles. The van der Waals surface area contributed by atoms with Gasteiger partial charge >= 0.3 is 5.97 Å². The van der Waals surface area contributed by atoms with Crippen LogP contribution in [0.25, 0.3) is 0 Å². The Kier molecular flexibility index (Phi) is 6.97. The van der Waals surface area contributed by atoms with Crippen LogP contribution < -0.4 is 9.64 Å². The number of fused-ring (bicyclic) bond motifs is 2. The summed E-state index contributed by atoms with van der Waals surface area (Å²) in [5.74, 6) is -0.128. The molecule has 4 rings (SSSR count). The van der Waals surface area contributed by atoms with Crippen molar-refractivity contribution in [3.05, 3.63) is 77.9 Å². The number of carboxylic acids is 1. The van der Waals surface area contributed by atoms with Crippen LogP contribution in [-0.2, 0) is 16.0 Å². The molecule has 0 spiro atoms. The molecule has 7 nitrogen and oxygen atoms in total. The maximum atomic E-state index is 11.1. The molecule has 0 amide bonds. The molecule has 1 aliphatic heterocycles. The van der Waals surface area contributed by atoms with Gasteiger partial charge in [0.15, 0.2) is 0 Å². The van der Waals surface area contributed by atoms with Gasteiger partial charge in [0.1, 0.15) is 5.75 Å². The Balaban J connectivity index is 1.35. The van der Waals surface area contributed by atoms with Gasteiger partial charge in [-0.2, -0.15) is 0 Å². The van der Waals surface area contributed by atoms with E-state index in [0.29, 0.717) is 13.2 Å². The Morgan fingerprint density at radius 1 is 1.06 bits per heavy atom. The van der Waals surface area contributed by atoms with Gasteiger partial charge in [-0.15, -0.1) is 0 Å². The molecule has 0 bridgehead atoms. The molecule has 1 aromatic carbocycles. The van der Waals surface area contributed by atoms with Crippen LogP contribution in [0, 0.1) is 0 Å². The van der Waals surface area contributed by atoms with Gasteiger partial charge in [-0.1, -0.05) is 12.1 Å². The highest BCUT2D eigenvalue weighted by Gasteiger charge is 2.23. The molecule has 2 aromatic heterocycles. The zero-order valence-electron chi connectivity index (χ0n) is 18.1. The number of aromatic nitrogens is 2. The average molecular weight is 434 g/mol. The van der Waals surface area contributed by atoms with Gasteiger partial charge in [0.25, 0.3) is 0 Å². The van der Waals surface area contributed by atoms with Crippen LogP contribution in [0.1, 0.15) is 42.8 Å². The molecule has 0 aliphatic carbocycles. The Hall–Kier alpha value is -3.45. The first-order chi connectivity index (χ1) is 15.7. The predicted octanol–water partition coefficient (Wildman–Crippen LogP) is 4.54. The number of hydrogen-bond donors (Lipinski definition) is 1. The van der Waals surface area contributed by atoms with Crippen molar-refractivity contribution in [2.75, 3.05) is 24.7 Å². The van der Waals surface area contributed by atoms with E-state index in [-0.39, 0.29) is 6.42 Å². The quantitative estimate of drug-likeness (QED) is 0.470. The molecule has 0 saturated heterocycles. The van der Waals surface area contributed by atoms with Gasteiger partial charge < -0.3 is 19.5 Å². The molecule has 1 aliphatic rings. The number of aliphatic carboxylic acids is 1. The summed E-state index contributed by atoms with van der Waals surface area (Å²) in [7, 11) is 0. The Morgan fingerprint density at radius 3 is 2.31 bits per heavy atom. The van der Waals surface area contributed by atoms with Gasteiger partial charge in [0.05, 0.1) is 41.9 Å². The second-order valence-electron chi connectivity index (χ2n) is 7.58. The van der Waals surface area contributed by atoms with Gasteiger partial charge in [-0.05, 0) is 55.3 Å². The smallest absolute Gasteiger partial charge is 0.306 e. The van der Waals surface area contributed by atoms with Gasteiger partial charge in [-0.25, -0.2) is 0 Å². The fourth-order valence-electron chi connectivity index (χ4n) is 3.98. The molecule has 7 heteroatoms. The number of benzene rings is 1. The third-order valence-corrected chi connectivity index (χ3v) is 5.42. The molecule has 0 radical (unpaired) electrons. The highest BCUT2D eigenvalue weighted by molar-refractivity contribution is 5.71. The van der Waals surface area contributed by atoms with Crippen LogP contribution in [0.15, 0.2) is 60.9 Å². The molecule has 0 fully saturated rings. The number of carbonyl (C=O) groups is 1. The minimum absolute atomic E-state index is 0.0590. The summed E-state index contributed by atoms with van der Waals surface area (Å²) in [4.78, 5) is 22.4. The summed E-state index contributed by atoms with van der Waals surface area (Å²) in [6, 6.07) is 15.6. The number of hydrogen-bond acceptors (Lipinski definition) is 6. The van der Waals surface area contributed by atoms with Crippen molar-refractivity contribution in [3.63, 3.8) is 0 Å². The highest BCUT2D eigenvalue weighted by Crippen LogP contribution is 2.36. The Morgan fingerprint density at radius 2 is 1.72 bits per heavy atom. The van der Waals surface area contributed by atoms with E-state index in [1.807, 2.05) is 55.7 Å². The molecule has 3 aromatic rings. The minimum Gasteiger partial charge on any atom is -0.494 e. The van der Waals surface area contributed by atoms with Gasteiger partial charge in [0, 0.05) is 32.0 Å². The number of ether oxygens (including phenoxy) is 2.